The standard InChI is InChI=1S/C16H29NO3.C4H5NO3/c1-2-3-4-5-6-7-8-9-10-11-14-17-15(18)12-13-16(19)20;5-3(6)1-2-4(7)8/h12-13H,2-11,14H2,1H3,(H,17,18)(H,19,20);1-2H,(H2,5,6)(H,7,8). The fourth-order valence-corrected chi connectivity index (χ4v) is 2.18. The molecule has 0 bridgehead atoms. The molecule has 0 unspecified atom stereocenters. The number of aliphatic carboxylic acids is 2. The van der Waals surface area contributed by atoms with Crippen molar-refractivity contribution in [1.29, 1.82) is 0 Å². The van der Waals surface area contributed by atoms with E-state index in [1.807, 2.05) is 0 Å². The van der Waals surface area contributed by atoms with E-state index in [1.165, 1.54) is 51.4 Å². The Balaban J connectivity index is 0. The minimum absolute atomic E-state index is 0.330. The third-order valence-corrected chi connectivity index (χ3v) is 3.60. The topological polar surface area (TPSA) is 147 Å². The zero-order valence-corrected chi connectivity index (χ0v) is 16.7. The lowest BCUT2D eigenvalue weighted by molar-refractivity contribution is -0.132. The Morgan fingerprint density at radius 1 is 0.714 bits per heavy atom. The summed E-state index contributed by atoms with van der Waals surface area (Å²) in [7, 11) is 0. The van der Waals surface area contributed by atoms with Crippen LogP contribution in [0, 0.1) is 0 Å². The summed E-state index contributed by atoms with van der Waals surface area (Å²) in [6.45, 7) is 2.86. The zero-order valence-electron chi connectivity index (χ0n) is 16.7. The lowest BCUT2D eigenvalue weighted by atomic mass is 10.1. The van der Waals surface area contributed by atoms with Crippen LogP contribution in [0.4, 0.5) is 0 Å². The lowest BCUT2D eigenvalue weighted by Crippen LogP contribution is -2.22. The summed E-state index contributed by atoms with van der Waals surface area (Å²) in [5, 5.41) is 18.9. The van der Waals surface area contributed by atoms with Crippen LogP contribution in [0.15, 0.2) is 24.3 Å². The number of amides is 2. The molecule has 0 atom stereocenters. The van der Waals surface area contributed by atoms with E-state index < -0.39 is 17.8 Å². The molecule has 5 N–H and O–H groups in total. The van der Waals surface area contributed by atoms with E-state index in [2.05, 4.69) is 18.0 Å². The van der Waals surface area contributed by atoms with Gasteiger partial charge in [-0.15, -0.1) is 0 Å². The fraction of sp³-hybridized carbons (Fsp3) is 0.600. The van der Waals surface area contributed by atoms with Crippen molar-refractivity contribution in [3.8, 4) is 0 Å². The molecule has 0 saturated heterocycles. The normalized spacial score (nSPS) is 10.5. The molecular weight excluding hydrogens is 364 g/mol. The zero-order chi connectivity index (χ0) is 21.6. The highest BCUT2D eigenvalue weighted by Gasteiger charge is 1.96. The summed E-state index contributed by atoms with van der Waals surface area (Å²) in [5.41, 5.74) is 4.55. The van der Waals surface area contributed by atoms with Gasteiger partial charge in [-0.05, 0) is 6.42 Å². The summed E-state index contributed by atoms with van der Waals surface area (Å²) in [6.07, 6.45) is 16.0. The summed E-state index contributed by atoms with van der Waals surface area (Å²) in [6, 6.07) is 0. The van der Waals surface area contributed by atoms with Gasteiger partial charge in [-0.3, -0.25) is 9.59 Å². The minimum Gasteiger partial charge on any atom is -0.478 e. The van der Waals surface area contributed by atoms with Gasteiger partial charge in [0, 0.05) is 30.8 Å². The molecule has 0 aromatic carbocycles. The van der Waals surface area contributed by atoms with E-state index in [0.29, 0.717) is 12.6 Å². The minimum atomic E-state index is -1.18. The molecule has 0 aromatic heterocycles. The number of hydrogen-bond acceptors (Lipinski definition) is 4. The maximum absolute atomic E-state index is 11.1. The van der Waals surface area contributed by atoms with E-state index in [9.17, 15) is 19.2 Å². The SMILES string of the molecule is CCCCCCCCCCCCNC(=O)C=CC(=O)O.NC(=O)C=CC(=O)O. The van der Waals surface area contributed by atoms with Gasteiger partial charge in [0.2, 0.25) is 11.8 Å². The molecule has 0 heterocycles. The van der Waals surface area contributed by atoms with Crippen molar-refractivity contribution in [3.05, 3.63) is 24.3 Å². The first-order chi connectivity index (χ1) is 13.3. The molecule has 0 fully saturated rings. The number of carbonyl (C=O) groups is 4. The van der Waals surface area contributed by atoms with E-state index in [4.69, 9.17) is 10.2 Å². The van der Waals surface area contributed by atoms with Gasteiger partial charge in [0.15, 0.2) is 0 Å². The van der Waals surface area contributed by atoms with Crippen LogP contribution >= 0.6 is 0 Å². The van der Waals surface area contributed by atoms with Gasteiger partial charge in [0.05, 0.1) is 0 Å². The summed E-state index contributed by atoms with van der Waals surface area (Å²) < 4.78 is 0. The Bertz CT molecular complexity index is 499. The molecule has 0 aliphatic rings. The monoisotopic (exact) mass is 398 g/mol. The number of rotatable bonds is 15. The van der Waals surface area contributed by atoms with Crippen LogP contribution in [0.2, 0.25) is 0 Å². The van der Waals surface area contributed by atoms with Crippen LogP contribution in [0.3, 0.4) is 0 Å². The van der Waals surface area contributed by atoms with Crippen LogP contribution in [-0.2, 0) is 19.2 Å². The Kier molecular flexibility index (Phi) is 20.4. The van der Waals surface area contributed by atoms with Crippen molar-refractivity contribution in [2.45, 2.75) is 71.1 Å². The number of nitrogens with one attached hydrogen (secondary N) is 1. The second-order valence-corrected chi connectivity index (χ2v) is 6.22. The number of carboxylic acids is 2. The van der Waals surface area contributed by atoms with E-state index >= 15 is 0 Å². The third kappa shape index (κ3) is 28.2. The van der Waals surface area contributed by atoms with Crippen molar-refractivity contribution in [3.63, 3.8) is 0 Å². The second-order valence-electron chi connectivity index (χ2n) is 6.22. The van der Waals surface area contributed by atoms with Crippen LogP contribution in [0.5, 0.6) is 0 Å². The summed E-state index contributed by atoms with van der Waals surface area (Å²) in [4.78, 5) is 40.7. The molecule has 0 saturated carbocycles. The highest BCUT2D eigenvalue weighted by molar-refractivity contribution is 5.94. The lowest BCUT2D eigenvalue weighted by Gasteiger charge is -2.03. The van der Waals surface area contributed by atoms with Gasteiger partial charge in [-0.2, -0.15) is 0 Å². The number of primary amides is 1. The van der Waals surface area contributed by atoms with E-state index in [0.717, 1.165) is 31.1 Å². The van der Waals surface area contributed by atoms with Crippen molar-refractivity contribution in [2.24, 2.45) is 5.73 Å². The van der Waals surface area contributed by atoms with Gasteiger partial charge in [0.1, 0.15) is 0 Å². The number of nitrogens with two attached hydrogens (primary N) is 1. The second kappa shape index (κ2) is 20.7. The first kappa shape index (κ1) is 27.6. The van der Waals surface area contributed by atoms with Crippen molar-refractivity contribution < 1.29 is 29.4 Å². The predicted octanol–water partition coefficient (Wildman–Crippen LogP) is 2.78. The van der Waals surface area contributed by atoms with Gasteiger partial charge < -0.3 is 21.3 Å². The maximum atomic E-state index is 11.1. The summed E-state index contributed by atoms with van der Waals surface area (Å²) >= 11 is 0. The average molecular weight is 399 g/mol. The Morgan fingerprint density at radius 3 is 1.54 bits per heavy atom. The van der Waals surface area contributed by atoms with Crippen molar-refractivity contribution >= 4 is 23.8 Å². The molecule has 2 amide bonds. The molecule has 0 rings (SSSR count). The summed E-state index contributed by atoms with van der Waals surface area (Å²) in [5.74, 6) is -3.36. The Morgan fingerprint density at radius 2 is 1.14 bits per heavy atom. The van der Waals surface area contributed by atoms with Crippen LogP contribution in [0.1, 0.15) is 71.1 Å². The van der Waals surface area contributed by atoms with Crippen LogP contribution < -0.4 is 11.1 Å². The Labute approximate surface area is 166 Å². The van der Waals surface area contributed by atoms with Gasteiger partial charge in [0.25, 0.3) is 0 Å². The maximum Gasteiger partial charge on any atom is 0.328 e. The third-order valence-electron chi connectivity index (χ3n) is 3.60. The van der Waals surface area contributed by atoms with Gasteiger partial charge >= 0.3 is 11.9 Å². The van der Waals surface area contributed by atoms with Crippen LogP contribution in [-0.4, -0.2) is 40.5 Å². The van der Waals surface area contributed by atoms with Gasteiger partial charge in [-0.1, -0.05) is 64.7 Å². The first-order valence-electron chi connectivity index (χ1n) is 9.68. The molecule has 0 aliphatic carbocycles. The molecule has 0 aliphatic heterocycles. The quantitative estimate of drug-likeness (QED) is 0.246. The number of hydrogen-bond donors (Lipinski definition) is 4. The van der Waals surface area contributed by atoms with Crippen molar-refractivity contribution in [2.75, 3.05) is 6.54 Å². The highest BCUT2D eigenvalue weighted by Crippen LogP contribution is 2.10. The molecule has 0 radical (unpaired) electrons. The van der Waals surface area contributed by atoms with E-state index in [-0.39, 0.29) is 5.91 Å². The first-order valence-corrected chi connectivity index (χ1v) is 9.68. The molecule has 0 spiro atoms. The molecular formula is C20H34N2O6. The smallest absolute Gasteiger partial charge is 0.328 e. The highest BCUT2D eigenvalue weighted by atomic mass is 16.4. The van der Waals surface area contributed by atoms with Gasteiger partial charge in [-0.25, -0.2) is 9.59 Å². The molecule has 28 heavy (non-hydrogen) atoms. The number of unbranched alkanes of at least 4 members (excludes halogenated alkanes) is 9. The molecule has 160 valence electrons. The van der Waals surface area contributed by atoms with Crippen LogP contribution in [0.25, 0.3) is 0 Å². The van der Waals surface area contributed by atoms with E-state index in [1.54, 1.807) is 0 Å². The molecule has 8 nitrogen and oxygen atoms in total. The predicted molar refractivity (Wildman–Crippen MR) is 108 cm³/mol. The average Bonchev–Trinajstić information content (AvgIpc) is 2.63. The fourth-order valence-electron chi connectivity index (χ4n) is 2.18. The number of carbonyl (C=O) groups excluding carboxylic acids is 2. The largest absolute Gasteiger partial charge is 0.478 e. The molecule has 0 aromatic rings. The van der Waals surface area contributed by atoms with Crippen molar-refractivity contribution in [1.82, 2.24) is 5.32 Å². The number of carboxylic acid groups (broad SMARTS) is 2. The molecule has 8 heteroatoms. The Hall–Kier alpha value is -2.64.